The van der Waals surface area contributed by atoms with Crippen LogP contribution < -0.4 is 4.74 Å². The predicted molar refractivity (Wildman–Crippen MR) is 60.2 cm³/mol. The summed E-state index contributed by atoms with van der Waals surface area (Å²) in [6.07, 6.45) is 3.99. The topological polar surface area (TPSA) is 39.9 Å². The maximum atomic E-state index is 13.6. The molecule has 0 atom stereocenters. The van der Waals surface area contributed by atoms with Gasteiger partial charge in [0.15, 0.2) is 17.4 Å². The molecule has 4 nitrogen and oxygen atoms in total. The molecule has 17 heavy (non-hydrogen) atoms. The van der Waals surface area contributed by atoms with Gasteiger partial charge in [-0.05, 0) is 31.0 Å². The fourth-order valence-electron chi connectivity index (χ4n) is 1.87. The minimum atomic E-state index is -0.379. The Morgan fingerprint density at radius 1 is 1.41 bits per heavy atom. The Labute approximate surface area is 98.0 Å². The van der Waals surface area contributed by atoms with Crippen molar-refractivity contribution in [1.29, 1.82) is 0 Å². The number of benzene rings is 1. The molecule has 2 aromatic rings. The Kier molecular flexibility index (Phi) is 2.31. The number of aromatic nitrogens is 3. The van der Waals surface area contributed by atoms with Crippen molar-refractivity contribution in [3.05, 3.63) is 30.3 Å². The zero-order chi connectivity index (χ0) is 11.8. The molecule has 0 radical (unpaired) electrons. The van der Waals surface area contributed by atoms with Crippen LogP contribution in [0, 0.1) is 5.82 Å². The van der Waals surface area contributed by atoms with Crippen molar-refractivity contribution in [2.75, 3.05) is 7.11 Å². The largest absolute Gasteiger partial charge is 0.494 e. The molecule has 1 fully saturated rings. The Bertz CT molecular complexity index is 548. The lowest BCUT2D eigenvalue weighted by Crippen LogP contribution is -1.97. The van der Waals surface area contributed by atoms with E-state index in [-0.39, 0.29) is 11.6 Å². The van der Waals surface area contributed by atoms with E-state index in [1.165, 1.54) is 13.2 Å². The number of rotatable bonds is 3. The van der Waals surface area contributed by atoms with Crippen molar-refractivity contribution in [3.63, 3.8) is 0 Å². The molecule has 0 unspecified atom stereocenters. The number of hydrogen-bond donors (Lipinski definition) is 0. The monoisotopic (exact) mass is 233 g/mol. The Balaban J connectivity index is 2.02. The van der Waals surface area contributed by atoms with Crippen molar-refractivity contribution in [3.8, 4) is 17.1 Å². The van der Waals surface area contributed by atoms with Gasteiger partial charge in [-0.1, -0.05) is 0 Å². The lowest BCUT2D eigenvalue weighted by molar-refractivity contribution is 0.386. The highest BCUT2D eigenvalue weighted by Gasteiger charge is 2.26. The molecule has 88 valence electrons. The number of ether oxygens (including phenoxy) is 1. The van der Waals surface area contributed by atoms with Crippen LogP contribution in [0.4, 0.5) is 4.39 Å². The quantitative estimate of drug-likeness (QED) is 0.817. The summed E-state index contributed by atoms with van der Waals surface area (Å²) in [7, 11) is 1.45. The second-order valence-electron chi connectivity index (χ2n) is 4.14. The lowest BCUT2D eigenvalue weighted by atomic mass is 10.2. The summed E-state index contributed by atoms with van der Waals surface area (Å²) in [5.74, 6) is 0.579. The van der Waals surface area contributed by atoms with Crippen LogP contribution in [-0.4, -0.2) is 21.9 Å². The van der Waals surface area contributed by atoms with E-state index in [2.05, 4.69) is 10.2 Å². The summed E-state index contributed by atoms with van der Waals surface area (Å²) < 4.78 is 20.5. The van der Waals surface area contributed by atoms with Crippen molar-refractivity contribution in [1.82, 2.24) is 14.8 Å². The van der Waals surface area contributed by atoms with E-state index in [0.717, 1.165) is 18.4 Å². The van der Waals surface area contributed by atoms with E-state index in [0.29, 0.717) is 11.9 Å². The number of halogens is 1. The molecule has 0 N–H and O–H groups in total. The van der Waals surface area contributed by atoms with Gasteiger partial charge in [0.1, 0.15) is 6.33 Å². The van der Waals surface area contributed by atoms with E-state index in [9.17, 15) is 4.39 Å². The van der Waals surface area contributed by atoms with Crippen LogP contribution in [0.5, 0.6) is 5.75 Å². The highest BCUT2D eigenvalue weighted by atomic mass is 19.1. The maximum Gasteiger partial charge on any atom is 0.165 e. The summed E-state index contributed by atoms with van der Waals surface area (Å²) in [6, 6.07) is 5.31. The lowest BCUT2D eigenvalue weighted by Gasteiger charge is -2.06. The Morgan fingerprint density at radius 3 is 2.88 bits per heavy atom. The van der Waals surface area contributed by atoms with Gasteiger partial charge in [-0.15, -0.1) is 10.2 Å². The van der Waals surface area contributed by atoms with Gasteiger partial charge in [0, 0.05) is 11.6 Å². The van der Waals surface area contributed by atoms with Crippen LogP contribution in [0.3, 0.4) is 0 Å². The van der Waals surface area contributed by atoms with Crippen LogP contribution in [0.15, 0.2) is 24.5 Å². The van der Waals surface area contributed by atoms with Gasteiger partial charge in [0.2, 0.25) is 0 Å². The first kappa shape index (κ1) is 10.3. The van der Waals surface area contributed by atoms with Gasteiger partial charge in [-0.2, -0.15) is 0 Å². The minimum absolute atomic E-state index is 0.242. The van der Waals surface area contributed by atoms with Crippen LogP contribution in [0.2, 0.25) is 0 Å². The fraction of sp³-hybridized carbons (Fsp3) is 0.333. The van der Waals surface area contributed by atoms with Crippen LogP contribution >= 0.6 is 0 Å². The van der Waals surface area contributed by atoms with E-state index in [4.69, 9.17) is 4.74 Å². The summed E-state index contributed by atoms with van der Waals surface area (Å²) in [6.45, 7) is 0. The molecule has 1 aliphatic carbocycles. The van der Waals surface area contributed by atoms with Crippen molar-refractivity contribution in [2.45, 2.75) is 18.9 Å². The third-order valence-corrected chi connectivity index (χ3v) is 2.92. The summed E-state index contributed by atoms with van der Waals surface area (Å²) in [4.78, 5) is 0. The first-order valence-corrected chi connectivity index (χ1v) is 5.53. The average molecular weight is 233 g/mol. The average Bonchev–Trinajstić information content (AvgIpc) is 3.07. The van der Waals surface area contributed by atoms with Crippen LogP contribution in [0.1, 0.15) is 18.9 Å². The molecule has 0 bridgehead atoms. The smallest absolute Gasteiger partial charge is 0.165 e. The van der Waals surface area contributed by atoms with Crippen molar-refractivity contribution >= 4 is 0 Å². The van der Waals surface area contributed by atoms with Crippen molar-refractivity contribution < 1.29 is 9.13 Å². The molecule has 1 aromatic heterocycles. The van der Waals surface area contributed by atoms with Gasteiger partial charge >= 0.3 is 0 Å². The van der Waals surface area contributed by atoms with E-state index < -0.39 is 0 Å². The molecule has 1 saturated carbocycles. The highest BCUT2D eigenvalue weighted by molar-refractivity contribution is 5.57. The molecule has 1 heterocycles. The molecule has 0 spiro atoms. The van der Waals surface area contributed by atoms with Crippen molar-refractivity contribution in [2.24, 2.45) is 0 Å². The molecule has 3 rings (SSSR count). The third kappa shape index (κ3) is 1.77. The minimum Gasteiger partial charge on any atom is -0.494 e. The second-order valence-corrected chi connectivity index (χ2v) is 4.14. The molecule has 0 amide bonds. The molecule has 1 aliphatic rings. The number of nitrogens with zero attached hydrogens (tertiary/aromatic N) is 3. The van der Waals surface area contributed by atoms with E-state index >= 15 is 0 Å². The highest BCUT2D eigenvalue weighted by Crippen LogP contribution is 2.37. The first-order valence-electron chi connectivity index (χ1n) is 5.53. The second kappa shape index (κ2) is 3.84. The number of methoxy groups -OCH3 is 1. The summed E-state index contributed by atoms with van der Waals surface area (Å²) in [5.41, 5.74) is 0.729. The maximum absolute atomic E-state index is 13.6. The predicted octanol–water partition coefficient (Wildman–Crippen LogP) is 2.43. The van der Waals surface area contributed by atoms with Gasteiger partial charge in [0.25, 0.3) is 0 Å². The zero-order valence-electron chi connectivity index (χ0n) is 9.43. The van der Waals surface area contributed by atoms with Gasteiger partial charge < -0.3 is 9.30 Å². The molecule has 1 aromatic carbocycles. The molecular formula is C12H12FN3O. The Hall–Kier alpha value is -1.91. The third-order valence-electron chi connectivity index (χ3n) is 2.92. The van der Waals surface area contributed by atoms with Gasteiger partial charge in [0.05, 0.1) is 7.11 Å². The van der Waals surface area contributed by atoms with Gasteiger partial charge in [-0.3, -0.25) is 0 Å². The molecular weight excluding hydrogens is 221 g/mol. The first-order chi connectivity index (χ1) is 8.29. The van der Waals surface area contributed by atoms with Crippen LogP contribution in [0.25, 0.3) is 11.4 Å². The summed E-state index contributed by atoms with van der Waals surface area (Å²) in [5, 5.41) is 7.94. The van der Waals surface area contributed by atoms with Crippen LogP contribution in [-0.2, 0) is 0 Å². The zero-order valence-corrected chi connectivity index (χ0v) is 9.43. The normalized spacial score (nSPS) is 14.9. The van der Waals surface area contributed by atoms with Gasteiger partial charge in [-0.25, -0.2) is 4.39 Å². The fourth-order valence-corrected chi connectivity index (χ4v) is 1.87. The van der Waals surface area contributed by atoms with E-state index in [1.807, 2.05) is 4.57 Å². The SMILES string of the molecule is COc1ccc(-c2nncn2C2CC2)cc1F. The molecule has 5 heteroatoms. The van der Waals surface area contributed by atoms with E-state index in [1.54, 1.807) is 18.5 Å². The summed E-state index contributed by atoms with van der Waals surface area (Å²) >= 11 is 0. The Morgan fingerprint density at radius 2 is 2.24 bits per heavy atom. The number of hydrogen-bond acceptors (Lipinski definition) is 3. The molecule has 0 aliphatic heterocycles. The molecule has 0 saturated heterocycles. The standard InChI is InChI=1S/C12H12FN3O/c1-17-11-5-2-8(6-10(11)13)12-15-14-7-16(12)9-3-4-9/h2,5-7,9H,3-4H2,1H3.